The van der Waals surface area contributed by atoms with Crippen molar-refractivity contribution in [2.45, 2.75) is 13.8 Å². The third-order valence-corrected chi connectivity index (χ3v) is 1.92. The average Bonchev–Trinajstić information content (AvgIpc) is 2.09. The van der Waals surface area contributed by atoms with Crippen LogP contribution in [0, 0.1) is 6.92 Å². The number of carbonyl (C=O) groups is 1. The average molecular weight is 223 g/mol. The number of hydrogen-bond donors (Lipinski definition) is 3. The quantitative estimate of drug-likeness (QED) is 0.666. The van der Waals surface area contributed by atoms with Gasteiger partial charge in [-0.1, -0.05) is 6.07 Å². The maximum absolute atomic E-state index is 10.9. The Balaban J connectivity index is 2.94. The molecule has 1 amide bonds. The SMILES string of the molecule is CC(=O)Nc1cc(NC(N)=S)ccc1C. The van der Waals surface area contributed by atoms with Crippen LogP contribution in [0.5, 0.6) is 0 Å². The van der Waals surface area contributed by atoms with Gasteiger partial charge in [0, 0.05) is 18.3 Å². The number of carbonyl (C=O) groups excluding carboxylic acids is 1. The van der Waals surface area contributed by atoms with Crippen molar-refractivity contribution in [2.24, 2.45) is 5.73 Å². The lowest BCUT2D eigenvalue weighted by Gasteiger charge is -2.09. The van der Waals surface area contributed by atoms with Crippen LogP contribution in [0.15, 0.2) is 18.2 Å². The van der Waals surface area contributed by atoms with Crippen LogP contribution in [-0.4, -0.2) is 11.0 Å². The van der Waals surface area contributed by atoms with E-state index in [1.165, 1.54) is 6.92 Å². The molecule has 0 heterocycles. The molecule has 4 N–H and O–H groups in total. The van der Waals surface area contributed by atoms with E-state index >= 15 is 0 Å². The Labute approximate surface area is 93.9 Å². The van der Waals surface area contributed by atoms with Crippen molar-refractivity contribution in [3.05, 3.63) is 23.8 Å². The van der Waals surface area contributed by atoms with E-state index in [2.05, 4.69) is 10.6 Å². The zero-order valence-electron chi connectivity index (χ0n) is 8.63. The molecule has 5 heteroatoms. The standard InChI is InChI=1S/C10H13N3OS/c1-6-3-4-8(13-10(11)15)5-9(6)12-7(2)14/h3-5H,1-2H3,(H,12,14)(H3,11,13,15). The normalized spacial score (nSPS) is 9.47. The zero-order chi connectivity index (χ0) is 11.4. The number of anilines is 2. The highest BCUT2D eigenvalue weighted by Gasteiger charge is 2.02. The second-order valence-corrected chi connectivity index (χ2v) is 3.64. The molecule has 0 aliphatic rings. The van der Waals surface area contributed by atoms with Crippen LogP contribution < -0.4 is 16.4 Å². The lowest BCUT2D eigenvalue weighted by atomic mass is 10.2. The Morgan fingerprint density at radius 3 is 2.60 bits per heavy atom. The van der Waals surface area contributed by atoms with E-state index in [0.717, 1.165) is 16.9 Å². The second-order valence-electron chi connectivity index (χ2n) is 3.20. The van der Waals surface area contributed by atoms with E-state index in [1.807, 2.05) is 19.1 Å². The number of nitrogens with two attached hydrogens (primary N) is 1. The van der Waals surface area contributed by atoms with Gasteiger partial charge in [-0.3, -0.25) is 4.79 Å². The van der Waals surface area contributed by atoms with Crippen LogP contribution in [0.2, 0.25) is 0 Å². The fourth-order valence-electron chi connectivity index (χ4n) is 1.17. The molecule has 0 atom stereocenters. The lowest BCUT2D eigenvalue weighted by molar-refractivity contribution is -0.114. The molecule has 0 aliphatic carbocycles. The first kappa shape index (κ1) is 11.5. The van der Waals surface area contributed by atoms with Gasteiger partial charge in [0.2, 0.25) is 5.91 Å². The van der Waals surface area contributed by atoms with Gasteiger partial charge in [-0.05, 0) is 36.8 Å². The Kier molecular flexibility index (Phi) is 3.62. The maximum Gasteiger partial charge on any atom is 0.221 e. The minimum absolute atomic E-state index is 0.106. The number of hydrogen-bond acceptors (Lipinski definition) is 2. The van der Waals surface area contributed by atoms with Gasteiger partial charge in [0.05, 0.1) is 0 Å². The molecule has 0 radical (unpaired) electrons. The van der Waals surface area contributed by atoms with Crippen LogP contribution in [0.4, 0.5) is 11.4 Å². The molecule has 0 aromatic heterocycles. The molecule has 80 valence electrons. The summed E-state index contributed by atoms with van der Waals surface area (Å²) in [6.07, 6.45) is 0. The maximum atomic E-state index is 10.9. The molecule has 0 fully saturated rings. The smallest absolute Gasteiger partial charge is 0.221 e. The predicted molar refractivity (Wildman–Crippen MR) is 65.9 cm³/mol. The summed E-state index contributed by atoms with van der Waals surface area (Å²) in [4.78, 5) is 10.9. The van der Waals surface area contributed by atoms with Gasteiger partial charge in [0.1, 0.15) is 0 Å². The molecular formula is C10H13N3OS. The molecule has 1 rings (SSSR count). The van der Waals surface area contributed by atoms with E-state index in [-0.39, 0.29) is 11.0 Å². The predicted octanol–water partition coefficient (Wildman–Crippen LogP) is 1.61. The fraction of sp³-hybridized carbons (Fsp3) is 0.200. The van der Waals surface area contributed by atoms with Crippen molar-refractivity contribution in [3.63, 3.8) is 0 Å². The summed E-state index contributed by atoms with van der Waals surface area (Å²) < 4.78 is 0. The molecule has 0 saturated carbocycles. The second kappa shape index (κ2) is 4.75. The van der Waals surface area contributed by atoms with Gasteiger partial charge in [0.25, 0.3) is 0 Å². The molecule has 1 aromatic carbocycles. The summed E-state index contributed by atoms with van der Waals surface area (Å²) in [7, 11) is 0. The number of rotatable bonds is 2. The molecular weight excluding hydrogens is 210 g/mol. The summed E-state index contributed by atoms with van der Waals surface area (Å²) in [5, 5.41) is 5.73. The first-order valence-corrected chi connectivity index (χ1v) is 4.84. The summed E-state index contributed by atoms with van der Waals surface area (Å²) >= 11 is 4.72. The van der Waals surface area contributed by atoms with Crippen molar-refractivity contribution in [3.8, 4) is 0 Å². The lowest BCUT2D eigenvalue weighted by Crippen LogP contribution is -2.19. The molecule has 1 aromatic rings. The number of thiocarbonyl (C=S) groups is 1. The Bertz CT molecular complexity index is 404. The van der Waals surface area contributed by atoms with Crippen molar-refractivity contribution in [2.75, 3.05) is 10.6 Å². The molecule has 4 nitrogen and oxygen atoms in total. The molecule has 0 unspecified atom stereocenters. The van der Waals surface area contributed by atoms with Crippen LogP contribution in [0.3, 0.4) is 0 Å². The highest BCUT2D eigenvalue weighted by atomic mass is 32.1. The van der Waals surface area contributed by atoms with Crippen molar-refractivity contribution in [1.29, 1.82) is 0 Å². The zero-order valence-corrected chi connectivity index (χ0v) is 9.44. The van der Waals surface area contributed by atoms with Gasteiger partial charge in [-0.15, -0.1) is 0 Å². The van der Waals surface area contributed by atoms with Gasteiger partial charge in [-0.25, -0.2) is 0 Å². The number of amides is 1. The summed E-state index contributed by atoms with van der Waals surface area (Å²) in [6.45, 7) is 3.38. The van der Waals surface area contributed by atoms with Crippen LogP contribution in [0.25, 0.3) is 0 Å². The molecule has 0 spiro atoms. The molecule has 15 heavy (non-hydrogen) atoms. The monoisotopic (exact) mass is 223 g/mol. The highest BCUT2D eigenvalue weighted by Crippen LogP contribution is 2.19. The van der Waals surface area contributed by atoms with E-state index in [4.69, 9.17) is 18.0 Å². The first-order chi connectivity index (χ1) is 6.99. The fourth-order valence-corrected chi connectivity index (χ4v) is 1.28. The van der Waals surface area contributed by atoms with Crippen LogP contribution in [-0.2, 0) is 4.79 Å². The van der Waals surface area contributed by atoms with Gasteiger partial charge < -0.3 is 16.4 Å². The topological polar surface area (TPSA) is 67.2 Å². The molecule has 0 saturated heterocycles. The van der Waals surface area contributed by atoms with E-state index in [1.54, 1.807) is 6.07 Å². The molecule has 0 aliphatic heterocycles. The van der Waals surface area contributed by atoms with Gasteiger partial charge in [-0.2, -0.15) is 0 Å². The summed E-state index contributed by atoms with van der Waals surface area (Å²) in [5.41, 5.74) is 7.85. The van der Waals surface area contributed by atoms with Crippen LogP contribution >= 0.6 is 12.2 Å². The summed E-state index contributed by atoms with van der Waals surface area (Å²) in [6, 6.07) is 5.52. The number of benzene rings is 1. The van der Waals surface area contributed by atoms with Crippen molar-refractivity contribution < 1.29 is 4.79 Å². The number of nitrogens with one attached hydrogen (secondary N) is 2. The highest BCUT2D eigenvalue weighted by molar-refractivity contribution is 7.80. The van der Waals surface area contributed by atoms with Crippen molar-refractivity contribution in [1.82, 2.24) is 0 Å². The minimum atomic E-state index is -0.106. The van der Waals surface area contributed by atoms with Gasteiger partial charge >= 0.3 is 0 Å². The first-order valence-electron chi connectivity index (χ1n) is 4.43. The third-order valence-electron chi connectivity index (χ3n) is 1.82. The largest absolute Gasteiger partial charge is 0.376 e. The summed E-state index contributed by atoms with van der Waals surface area (Å²) in [5.74, 6) is -0.106. The Morgan fingerprint density at radius 2 is 2.07 bits per heavy atom. The Hall–Kier alpha value is -1.62. The minimum Gasteiger partial charge on any atom is -0.376 e. The van der Waals surface area contributed by atoms with Gasteiger partial charge in [0.15, 0.2) is 5.11 Å². The third kappa shape index (κ3) is 3.55. The Morgan fingerprint density at radius 1 is 1.40 bits per heavy atom. The molecule has 0 bridgehead atoms. The van der Waals surface area contributed by atoms with E-state index in [9.17, 15) is 4.79 Å². The van der Waals surface area contributed by atoms with Crippen molar-refractivity contribution >= 4 is 34.6 Å². The van der Waals surface area contributed by atoms with E-state index < -0.39 is 0 Å². The number of aryl methyl sites for hydroxylation is 1. The van der Waals surface area contributed by atoms with E-state index in [0.29, 0.717) is 0 Å². The van der Waals surface area contributed by atoms with Crippen LogP contribution in [0.1, 0.15) is 12.5 Å².